The zero-order valence-corrected chi connectivity index (χ0v) is 16.7. The Bertz CT molecular complexity index is 1020. The summed E-state index contributed by atoms with van der Waals surface area (Å²) in [5.41, 5.74) is 2.93. The predicted octanol–water partition coefficient (Wildman–Crippen LogP) is 2.75. The summed E-state index contributed by atoms with van der Waals surface area (Å²) >= 11 is 0. The van der Waals surface area contributed by atoms with Crippen LogP contribution in [0.25, 0.3) is 0 Å². The Kier molecular flexibility index (Phi) is 6.08. The highest BCUT2D eigenvalue weighted by atomic mass is 16.5. The molecule has 0 saturated heterocycles. The maximum absolute atomic E-state index is 12.6. The predicted molar refractivity (Wildman–Crippen MR) is 113 cm³/mol. The zero-order chi connectivity index (χ0) is 20.8. The Morgan fingerprint density at radius 1 is 1.07 bits per heavy atom. The third-order valence-corrected chi connectivity index (χ3v) is 5.00. The van der Waals surface area contributed by atoms with Gasteiger partial charge in [-0.3, -0.25) is 9.59 Å². The van der Waals surface area contributed by atoms with Crippen molar-refractivity contribution in [2.24, 2.45) is 0 Å². The van der Waals surface area contributed by atoms with Gasteiger partial charge < -0.3 is 19.5 Å². The van der Waals surface area contributed by atoms with Crippen molar-refractivity contribution >= 4 is 17.5 Å². The fraction of sp³-hybridized carbons (Fsp3) is 0.261. The molecule has 2 aromatic carbocycles. The molecular formula is C23H24N4O3. The Balaban J connectivity index is 1.26. The van der Waals surface area contributed by atoms with Gasteiger partial charge in [0.2, 0.25) is 11.8 Å². The van der Waals surface area contributed by atoms with Gasteiger partial charge in [0.05, 0.1) is 18.6 Å². The van der Waals surface area contributed by atoms with Crippen LogP contribution in [0.5, 0.6) is 5.75 Å². The van der Waals surface area contributed by atoms with Crippen LogP contribution in [0.3, 0.4) is 0 Å². The molecule has 3 aromatic rings. The Hall–Kier alpha value is -3.61. The van der Waals surface area contributed by atoms with Crippen LogP contribution in [-0.2, 0) is 22.7 Å². The second-order valence-corrected chi connectivity index (χ2v) is 7.19. The van der Waals surface area contributed by atoms with Crippen molar-refractivity contribution in [3.63, 3.8) is 0 Å². The summed E-state index contributed by atoms with van der Waals surface area (Å²) in [5, 5.41) is 2.91. The summed E-state index contributed by atoms with van der Waals surface area (Å²) in [4.78, 5) is 30.6. The van der Waals surface area contributed by atoms with E-state index in [1.165, 1.54) is 0 Å². The van der Waals surface area contributed by atoms with Gasteiger partial charge in [-0.2, -0.15) is 0 Å². The Morgan fingerprint density at radius 3 is 2.80 bits per heavy atom. The van der Waals surface area contributed by atoms with Crippen molar-refractivity contribution in [3.8, 4) is 5.75 Å². The number of carbonyl (C=O) groups excluding carboxylic acids is 2. The van der Waals surface area contributed by atoms with Gasteiger partial charge in [0, 0.05) is 38.3 Å². The van der Waals surface area contributed by atoms with E-state index in [-0.39, 0.29) is 24.7 Å². The third kappa shape index (κ3) is 4.86. The number of para-hydroxylation sites is 2. The number of aromatic nitrogens is 2. The molecule has 2 heterocycles. The van der Waals surface area contributed by atoms with E-state index in [2.05, 4.69) is 16.4 Å². The average molecular weight is 404 g/mol. The van der Waals surface area contributed by atoms with Gasteiger partial charge in [0.15, 0.2) is 0 Å². The molecule has 7 nitrogen and oxygen atoms in total. The minimum atomic E-state index is -0.134. The molecule has 30 heavy (non-hydrogen) atoms. The molecule has 4 rings (SSSR count). The number of amides is 2. The van der Waals surface area contributed by atoms with Crippen molar-refractivity contribution in [2.75, 3.05) is 18.1 Å². The van der Waals surface area contributed by atoms with E-state index in [9.17, 15) is 9.59 Å². The van der Waals surface area contributed by atoms with Crippen LogP contribution in [0.15, 0.2) is 67.3 Å². The lowest BCUT2D eigenvalue weighted by Gasteiger charge is -2.29. The monoisotopic (exact) mass is 404 g/mol. The van der Waals surface area contributed by atoms with Gasteiger partial charge in [-0.1, -0.05) is 36.4 Å². The van der Waals surface area contributed by atoms with Crippen LogP contribution in [0.2, 0.25) is 0 Å². The van der Waals surface area contributed by atoms with Crippen LogP contribution in [-0.4, -0.2) is 34.5 Å². The molecule has 0 unspecified atom stereocenters. The highest BCUT2D eigenvalue weighted by Gasteiger charge is 2.23. The van der Waals surface area contributed by atoms with E-state index in [0.29, 0.717) is 25.4 Å². The summed E-state index contributed by atoms with van der Waals surface area (Å²) in [6, 6.07) is 15.5. The van der Waals surface area contributed by atoms with E-state index in [1.807, 2.05) is 53.2 Å². The average Bonchev–Trinajstić information content (AvgIpc) is 3.29. The molecule has 1 aliphatic rings. The largest absolute Gasteiger partial charge is 0.490 e. The number of nitrogens with one attached hydrogen (secondary N) is 1. The van der Waals surface area contributed by atoms with Gasteiger partial charge in [-0.15, -0.1) is 0 Å². The number of fused-ring (bicyclic) bond motifs is 1. The topological polar surface area (TPSA) is 76.5 Å². The van der Waals surface area contributed by atoms with E-state index >= 15 is 0 Å². The van der Waals surface area contributed by atoms with E-state index < -0.39 is 0 Å². The molecular weight excluding hydrogens is 380 g/mol. The second-order valence-electron chi connectivity index (χ2n) is 7.19. The molecule has 0 fully saturated rings. The SMILES string of the molecule is O=C(CCC(=O)N1CCOc2ccccc21)NCc1cccc(Cn2ccnc2)c1. The Labute approximate surface area is 175 Å². The summed E-state index contributed by atoms with van der Waals surface area (Å²) in [6.45, 7) is 2.13. The number of rotatable bonds is 7. The van der Waals surface area contributed by atoms with Crippen molar-refractivity contribution in [2.45, 2.75) is 25.9 Å². The lowest BCUT2D eigenvalue weighted by molar-refractivity contribution is -0.125. The summed E-state index contributed by atoms with van der Waals surface area (Å²) < 4.78 is 7.57. The molecule has 0 saturated carbocycles. The van der Waals surface area contributed by atoms with E-state index in [1.54, 1.807) is 17.4 Å². The maximum Gasteiger partial charge on any atom is 0.227 e. The van der Waals surface area contributed by atoms with Gasteiger partial charge in [0.25, 0.3) is 0 Å². The number of ether oxygens (including phenoxy) is 1. The van der Waals surface area contributed by atoms with Gasteiger partial charge >= 0.3 is 0 Å². The van der Waals surface area contributed by atoms with Gasteiger partial charge in [-0.05, 0) is 23.3 Å². The molecule has 154 valence electrons. The van der Waals surface area contributed by atoms with E-state index in [4.69, 9.17) is 4.74 Å². The summed E-state index contributed by atoms with van der Waals surface area (Å²) in [7, 11) is 0. The number of benzene rings is 2. The van der Waals surface area contributed by atoms with Crippen LogP contribution < -0.4 is 15.0 Å². The molecule has 1 N–H and O–H groups in total. The number of anilines is 1. The standard InChI is InChI=1S/C23H24N4O3/c28-22(8-9-23(29)27-12-13-30-21-7-2-1-6-20(21)27)25-15-18-4-3-5-19(14-18)16-26-11-10-24-17-26/h1-7,10-11,14,17H,8-9,12-13,15-16H2,(H,25,28). The van der Waals surface area contributed by atoms with Gasteiger partial charge in [0.1, 0.15) is 12.4 Å². The number of imidazole rings is 1. The quantitative estimate of drug-likeness (QED) is 0.657. The number of hydrogen-bond acceptors (Lipinski definition) is 4. The zero-order valence-electron chi connectivity index (χ0n) is 16.7. The molecule has 0 aliphatic carbocycles. The molecule has 7 heteroatoms. The first-order chi connectivity index (χ1) is 14.7. The fourth-order valence-corrected chi connectivity index (χ4v) is 3.50. The Morgan fingerprint density at radius 2 is 1.93 bits per heavy atom. The maximum atomic E-state index is 12.6. The smallest absolute Gasteiger partial charge is 0.227 e. The number of nitrogens with zero attached hydrogens (tertiary/aromatic N) is 3. The van der Waals surface area contributed by atoms with Crippen molar-refractivity contribution in [1.29, 1.82) is 0 Å². The van der Waals surface area contributed by atoms with Gasteiger partial charge in [-0.25, -0.2) is 4.98 Å². The summed E-state index contributed by atoms with van der Waals surface area (Å²) in [5.74, 6) is 0.505. The highest BCUT2D eigenvalue weighted by Crippen LogP contribution is 2.31. The van der Waals surface area contributed by atoms with Crippen LogP contribution in [0.4, 0.5) is 5.69 Å². The molecule has 0 spiro atoms. The van der Waals surface area contributed by atoms with Crippen LogP contribution in [0.1, 0.15) is 24.0 Å². The second kappa shape index (κ2) is 9.26. The first-order valence-corrected chi connectivity index (χ1v) is 10.0. The van der Waals surface area contributed by atoms with Crippen molar-refractivity contribution in [1.82, 2.24) is 14.9 Å². The van der Waals surface area contributed by atoms with Crippen LogP contribution >= 0.6 is 0 Å². The van der Waals surface area contributed by atoms with E-state index in [0.717, 1.165) is 23.4 Å². The van der Waals surface area contributed by atoms with Crippen molar-refractivity contribution < 1.29 is 14.3 Å². The molecule has 0 atom stereocenters. The summed E-state index contributed by atoms with van der Waals surface area (Å²) in [6.07, 6.45) is 5.77. The van der Waals surface area contributed by atoms with Crippen molar-refractivity contribution in [3.05, 3.63) is 78.4 Å². The minimum absolute atomic E-state index is 0.0665. The highest BCUT2D eigenvalue weighted by molar-refractivity contribution is 5.97. The minimum Gasteiger partial charge on any atom is -0.490 e. The third-order valence-electron chi connectivity index (χ3n) is 5.00. The number of carbonyl (C=O) groups is 2. The molecule has 2 amide bonds. The normalized spacial score (nSPS) is 12.7. The molecule has 1 aliphatic heterocycles. The first-order valence-electron chi connectivity index (χ1n) is 10.0. The molecule has 0 bridgehead atoms. The fourth-order valence-electron chi connectivity index (χ4n) is 3.50. The first kappa shape index (κ1) is 19.7. The number of hydrogen-bond donors (Lipinski definition) is 1. The molecule has 1 aromatic heterocycles. The van der Waals surface area contributed by atoms with Crippen LogP contribution in [0, 0.1) is 0 Å². The lowest BCUT2D eigenvalue weighted by atomic mass is 10.1. The molecule has 0 radical (unpaired) electrons. The lowest BCUT2D eigenvalue weighted by Crippen LogP contribution is -2.38.